The van der Waals surface area contributed by atoms with Gasteiger partial charge >= 0.3 is 17.9 Å². The molecule has 0 saturated carbocycles. The van der Waals surface area contributed by atoms with Gasteiger partial charge in [-0.15, -0.1) is 0 Å². The van der Waals surface area contributed by atoms with Gasteiger partial charge in [0, 0.05) is 23.1 Å². The molecule has 3 N–H and O–H groups in total. The van der Waals surface area contributed by atoms with Crippen LogP contribution in [0, 0.1) is 0 Å². The lowest BCUT2D eigenvalue weighted by atomic mass is 10.00. The van der Waals surface area contributed by atoms with E-state index in [0.29, 0.717) is 22.8 Å². The van der Waals surface area contributed by atoms with Crippen LogP contribution in [0.2, 0.25) is 0 Å². The lowest BCUT2D eigenvalue weighted by Crippen LogP contribution is -2.16. The molecule has 1 amide bonds. The van der Waals surface area contributed by atoms with Gasteiger partial charge in [-0.25, -0.2) is 9.59 Å². The highest BCUT2D eigenvalue weighted by molar-refractivity contribution is 7.14. The van der Waals surface area contributed by atoms with E-state index < -0.39 is 40.6 Å². The summed E-state index contributed by atoms with van der Waals surface area (Å²) in [5.74, 6) is -1.17. The molecule has 8 nitrogen and oxygen atoms in total. The summed E-state index contributed by atoms with van der Waals surface area (Å²) in [6, 6.07) is 8.66. The number of carbonyl (C=O) groups excluding carboxylic acids is 1. The zero-order chi connectivity index (χ0) is 28.7. The predicted molar refractivity (Wildman–Crippen MR) is 138 cm³/mol. The molecule has 0 radical (unpaired) electrons. The Morgan fingerprint density at radius 2 is 1.87 bits per heavy atom. The number of halogens is 3. The van der Waals surface area contributed by atoms with Gasteiger partial charge in [-0.1, -0.05) is 24.3 Å². The van der Waals surface area contributed by atoms with Gasteiger partial charge in [-0.05, 0) is 67.8 Å². The van der Waals surface area contributed by atoms with E-state index in [1.807, 2.05) is 0 Å². The van der Waals surface area contributed by atoms with E-state index in [9.17, 15) is 32.7 Å². The van der Waals surface area contributed by atoms with Crippen LogP contribution in [0.5, 0.6) is 16.6 Å². The number of Topliss-reactive ketones (excluding diaryl/α,β-unsaturated/α-hetero) is 1. The van der Waals surface area contributed by atoms with Crippen molar-refractivity contribution in [2.24, 2.45) is 0 Å². The van der Waals surface area contributed by atoms with Gasteiger partial charge in [0.15, 0.2) is 10.8 Å². The minimum Gasteiger partial charge on any atom is -0.507 e. The molecule has 0 aliphatic carbocycles. The van der Waals surface area contributed by atoms with Crippen molar-refractivity contribution in [3.05, 3.63) is 92.5 Å². The first-order valence-electron chi connectivity index (χ1n) is 11.5. The standard InChI is InChI=1S/C27H24F3NO7S/c1-15(5-3-4-12-31-26(35)36)21-14-20(32)23(25(34)38-21)24(33)16(2)13-19-10-11-22(39-19)37-18-8-6-17(7-9-18)27(28,29)30/h4,6-15,31-32H,3,5H2,1-2H3,(H,35,36)/b12-4+,16-13+. The number of rotatable bonds is 10. The summed E-state index contributed by atoms with van der Waals surface area (Å²) >= 11 is 1.13. The first-order valence-corrected chi connectivity index (χ1v) is 12.4. The maximum Gasteiger partial charge on any atom is 0.416 e. The fourth-order valence-electron chi connectivity index (χ4n) is 3.42. The van der Waals surface area contributed by atoms with E-state index in [4.69, 9.17) is 14.3 Å². The number of alkyl halides is 3. The highest BCUT2D eigenvalue weighted by atomic mass is 32.1. The molecule has 1 unspecified atom stereocenters. The second-order valence-electron chi connectivity index (χ2n) is 8.46. The van der Waals surface area contributed by atoms with Crippen molar-refractivity contribution in [2.45, 2.75) is 38.8 Å². The van der Waals surface area contributed by atoms with Crippen molar-refractivity contribution in [1.82, 2.24) is 5.32 Å². The number of benzene rings is 1. The second-order valence-corrected chi connectivity index (χ2v) is 9.54. The maximum atomic E-state index is 12.9. The number of hydrogen-bond donors (Lipinski definition) is 3. The topological polar surface area (TPSA) is 126 Å². The predicted octanol–water partition coefficient (Wildman–Crippen LogP) is 7.17. The summed E-state index contributed by atoms with van der Waals surface area (Å²) in [5, 5.41) is 21.4. The summed E-state index contributed by atoms with van der Waals surface area (Å²) in [5.41, 5.74) is -2.16. The lowest BCUT2D eigenvalue weighted by molar-refractivity contribution is -0.137. The first kappa shape index (κ1) is 29.2. The number of amides is 1. The molecule has 0 aliphatic heterocycles. The highest BCUT2D eigenvalue weighted by Crippen LogP contribution is 2.34. The van der Waals surface area contributed by atoms with E-state index in [1.165, 1.54) is 37.4 Å². The third kappa shape index (κ3) is 8.08. The molecule has 3 rings (SSSR count). The van der Waals surface area contributed by atoms with Gasteiger partial charge in [0.25, 0.3) is 0 Å². The Morgan fingerprint density at radius 1 is 1.18 bits per heavy atom. The zero-order valence-electron chi connectivity index (χ0n) is 20.7. The Labute approximate surface area is 224 Å². The van der Waals surface area contributed by atoms with Crippen LogP contribution in [0.1, 0.15) is 59.2 Å². The van der Waals surface area contributed by atoms with E-state index >= 15 is 0 Å². The van der Waals surface area contributed by atoms with E-state index in [-0.39, 0.29) is 23.0 Å². The number of hydrogen-bond acceptors (Lipinski definition) is 7. The Hall–Kier alpha value is -4.32. The van der Waals surface area contributed by atoms with Crippen LogP contribution in [0.4, 0.5) is 18.0 Å². The third-order valence-corrected chi connectivity index (χ3v) is 6.38. The van der Waals surface area contributed by atoms with Crippen molar-refractivity contribution in [1.29, 1.82) is 0 Å². The average molecular weight is 564 g/mol. The minimum atomic E-state index is -4.45. The van der Waals surface area contributed by atoms with E-state index in [0.717, 1.165) is 23.5 Å². The van der Waals surface area contributed by atoms with Crippen molar-refractivity contribution in [2.75, 3.05) is 0 Å². The normalized spacial score (nSPS) is 12.9. The minimum absolute atomic E-state index is 0.136. The van der Waals surface area contributed by atoms with Gasteiger partial charge in [0.05, 0.1) is 5.56 Å². The average Bonchev–Trinajstić information content (AvgIpc) is 3.29. The molecule has 2 heterocycles. The zero-order valence-corrected chi connectivity index (χ0v) is 21.6. The molecule has 0 spiro atoms. The number of allylic oxidation sites excluding steroid dienone is 2. The van der Waals surface area contributed by atoms with Crippen molar-refractivity contribution < 1.29 is 42.1 Å². The molecule has 12 heteroatoms. The van der Waals surface area contributed by atoms with Gasteiger partial charge in [-0.3, -0.25) is 10.1 Å². The van der Waals surface area contributed by atoms with E-state index in [1.54, 1.807) is 25.1 Å². The largest absolute Gasteiger partial charge is 0.507 e. The van der Waals surface area contributed by atoms with Gasteiger partial charge in [-0.2, -0.15) is 13.2 Å². The molecule has 1 atom stereocenters. The molecule has 206 valence electrons. The Kier molecular flexibility index (Phi) is 9.36. The molecule has 0 aliphatic rings. The van der Waals surface area contributed by atoms with Crippen LogP contribution in [0.15, 0.2) is 69.5 Å². The summed E-state index contributed by atoms with van der Waals surface area (Å²) < 4.78 is 49.0. The fraction of sp³-hybridized carbons (Fsp3) is 0.222. The molecular formula is C27H24F3NO7S. The number of nitrogens with one attached hydrogen (secondary N) is 1. The molecule has 0 bridgehead atoms. The number of ketones is 1. The number of aromatic hydroxyl groups is 1. The van der Waals surface area contributed by atoms with Crippen LogP contribution < -0.4 is 15.7 Å². The number of carbonyl (C=O) groups is 2. The second kappa shape index (κ2) is 12.5. The Balaban J connectivity index is 1.68. The van der Waals surface area contributed by atoms with Crippen LogP contribution in [-0.4, -0.2) is 22.1 Å². The Morgan fingerprint density at radius 3 is 2.49 bits per heavy atom. The maximum absolute atomic E-state index is 12.9. The third-order valence-electron chi connectivity index (χ3n) is 5.47. The Bertz CT molecular complexity index is 1450. The highest BCUT2D eigenvalue weighted by Gasteiger charge is 2.30. The number of ether oxygens (including phenoxy) is 1. The van der Waals surface area contributed by atoms with Crippen molar-refractivity contribution in [3.63, 3.8) is 0 Å². The molecule has 0 saturated heterocycles. The molecule has 1 aromatic carbocycles. The lowest BCUT2D eigenvalue weighted by Gasteiger charge is -2.11. The van der Waals surface area contributed by atoms with Gasteiger partial charge in [0.1, 0.15) is 22.8 Å². The van der Waals surface area contributed by atoms with Crippen LogP contribution in [0.3, 0.4) is 0 Å². The monoisotopic (exact) mass is 563 g/mol. The molecule has 2 aromatic heterocycles. The molecule has 0 fully saturated rings. The first-order chi connectivity index (χ1) is 18.3. The molecular weight excluding hydrogens is 539 g/mol. The smallest absolute Gasteiger partial charge is 0.416 e. The van der Waals surface area contributed by atoms with Crippen LogP contribution in [-0.2, 0) is 6.18 Å². The summed E-state index contributed by atoms with van der Waals surface area (Å²) in [6.07, 6.45) is -0.323. The molecule has 3 aromatic rings. The van der Waals surface area contributed by atoms with Crippen LogP contribution >= 0.6 is 11.3 Å². The molecule has 39 heavy (non-hydrogen) atoms. The summed E-state index contributed by atoms with van der Waals surface area (Å²) in [6.45, 7) is 3.22. The fourth-order valence-corrected chi connectivity index (χ4v) is 4.30. The summed E-state index contributed by atoms with van der Waals surface area (Å²) in [4.78, 5) is 36.5. The quantitative estimate of drug-likeness (QED) is 0.176. The van der Waals surface area contributed by atoms with Crippen LogP contribution in [0.25, 0.3) is 6.08 Å². The van der Waals surface area contributed by atoms with E-state index in [2.05, 4.69) is 5.32 Å². The van der Waals surface area contributed by atoms with Crippen molar-refractivity contribution in [3.8, 4) is 16.6 Å². The number of carboxylic acid groups (broad SMARTS) is 1. The SMILES string of the molecule is C/C(=C\c1ccc(Oc2ccc(C(F)(F)F)cc2)s1)C(=O)c1c(O)cc(C(C)CC/C=C/NC(=O)O)oc1=O. The van der Waals surface area contributed by atoms with Crippen molar-refractivity contribution >= 4 is 29.3 Å². The number of thiophene rings is 1. The van der Waals surface area contributed by atoms with Gasteiger partial charge in [0.2, 0.25) is 0 Å². The van der Waals surface area contributed by atoms with Gasteiger partial charge < -0.3 is 19.4 Å². The summed E-state index contributed by atoms with van der Waals surface area (Å²) in [7, 11) is 0.